The van der Waals surface area contributed by atoms with Crippen LogP contribution in [0.1, 0.15) is 50.7 Å². The number of rotatable bonds is 7. The molecular formula is C40H36N4O. The summed E-state index contributed by atoms with van der Waals surface area (Å²) in [6.07, 6.45) is 1.82. The molecule has 0 saturated heterocycles. The van der Waals surface area contributed by atoms with E-state index in [0.717, 1.165) is 61.6 Å². The van der Waals surface area contributed by atoms with Gasteiger partial charge in [-0.05, 0) is 83.6 Å². The summed E-state index contributed by atoms with van der Waals surface area (Å²) in [6.45, 7) is 8.64. The highest BCUT2D eigenvalue weighted by Gasteiger charge is 2.21. The van der Waals surface area contributed by atoms with E-state index in [1.54, 1.807) is 0 Å². The Morgan fingerprint density at radius 2 is 1.42 bits per heavy atom. The summed E-state index contributed by atoms with van der Waals surface area (Å²) in [4.78, 5) is 12.1. The third-order valence-electron chi connectivity index (χ3n) is 8.49. The number of anilines is 3. The highest BCUT2D eigenvalue weighted by Crippen LogP contribution is 2.41. The number of benzene rings is 4. The van der Waals surface area contributed by atoms with Gasteiger partial charge in [0.1, 0.15) is 17.2 Å². The predicted octanol–water partition coefficient (Wildman–Crippen LogP) is 10.7. The van der Waals surface area contributed by atoms with Crippen LogP contribution in [0.2, 0.25) is 0 Å². The Labute approximate surface area is 264 Å². The van der Waals surface area contributed by atoms with Crippen LogP contribution in [-0.4, -0.2) is 19.6 Å². The van der Waals surface area contributed by atoms with Gasteiger partial charge in [-0.1, -0.05) is 88.4 Å². The number of pyridine rings is 2. The molecule has 0 saturated carbocycles. The number of aromatic nitrogens is 3. The van der Waals surface area contributed by atoms with Gasteiger partial charge in [-0.3, -0.25) is 9.47 Å². The maximum atomic E-state index is 11.7. The van der Waals surface area contributed by atoms with Crippen molar-refractivity contribution in [2.24, 2.45) is 0 Å². The molecule has 4 aromatic carbocycles. The number of hydrogen-bond donors (Lipinski definition) is 1. The fourth-order valence-electron chi connectivity index (χ4n) is 6.13. The molecule has 5 heteroatoms. The van der Waals surface area contributed by atoms with Crippen molar-refractivity contribution < 1.29 is 5.11 Å². The molecule has 222 valence electrons. The topological polar surface area (TPSA) is 54.2 Å². The van der Waals surface area contributed by atoms with Gasteiger partial charge in [-0.25, -0.2) is 9.97 Å². The molecule has 0 aliphatic rings. The lowest BCUT2D eigenvalue weighted by atomic mass is 9.93. The second kappa shape index (κ2) is 11.6. The van der Waals surface area contributed by atoms with Crippen LogP contribution in [0, 0.1) is 0 Å². The van der Waals surface area contributed by atoms with E-state index in [9.17, 15) is 5.11 Å². The molecule has 7 aromatic rings. The van der Waals surface area contributed by atoms with Crippen LogP contribution in [0.3, 0.4) is 0 Å². The molecule has 0 spiro atoms. The van der Waals surface area contributed by atoms with Gasteiger partial charge in [0.15, 0.2) is 0 Å². The number of nitrogens with zero attached hydrogens (tertiary/aromatic N) is 4. The molecule has 45 heavy (non-hydrogen) atoms. The van der Waals surface area contributed by atoms with Crippen LogP contribution in [0.15, 0.2) is 128 Å². The van der Waals surface area contributed by atoms with Gasteiger partial charge in [-0.15, -0.1) is 0 Å². The first-order chi connectivity index (χ1) is 21.9. The summed E-state index contributed by atoms with van der Waals surface area (Å²) in [5, 5.41) is 13.8. The molecule has 5 nitrogen and oxygen atoms in total. The van der Waals surface area contributed by atoms with E-state index in [4.69, 9.17) is 4.98 Å². The molecule has 0 aliphatic carbocycles. The van der Waals surface area contributed by atoms with Crippen LogP contribution in [0.4, 0.5) is 17.2 Å². The Bertz CT molecular complexity index is 2090. The second-order valence-corrected chi connectivity index (χ2v) is 12.1. The van der Waals surface area contributed by atoms with Crippen molar-refractivity contribution in [1.29, 1.82) is 0 Å². The minimum atomic E-state index is 0.175. The van der Waals surface area contributed by atoms with Crippen molar-refractivity contribution in [2.45, 2.75) is 39.5 Å². The molecule has 1 N–H and O–H groups in total. The zero-order valence-electron chi connectivity index (χ0n) is 26.0. The van der Waals surface area contributed by atoms with Crippen molar-refractivity contribution in [3.8, 4) is 22.7 Å². The zero-order chi connectivity index (χ0) is 31.1. The lowest BCUT2D eigenvalue weighted by molar-refractivity contribution is 0.462. The molecule has 3 heterocycles. The van der Waals surface area contributed by atoms with Crippen LogP contribution in [-0.2, 0) is 0 Å². The average molecular weight is 589 g/mol. The van der Waals surface area contributed by atoms with E-state index in [0.29, 0.717) is 11.7 Å². The third kappa shape index (κ3) is 5.10. The van der Waals surface area contributed by atoms with Gasteiger partial charge in [0.25, 0.3) is 0 Å². The van der Waals surface area contributed by atoms with Crippen molar-refractivity contribution in [2.75, 3.05) is 4.90 Å². The third-order valence-corrected chi connectivity index (χ3v) is 8.49. The number of fused-ring (bicyclic) bond motifs is 3. The summed E-state index contributed by atoms with van der Waals surface area (Å²) >= 11 is 0. The Hall–Kier alpha value is -5.42. The number of aromatic hydroxyl groups is 1. The van der Waals surface area contributed by atoms with Crippen molar-refractivity contribution >= 4 is 39.1 Å². The van der Waals surface area contributed by atoms with E-state index in [-0.39, 0.29) is 5.92 Å². The predicted molar refractivity (Wildman–Crippen MR) is 186 cm³/mol. The van der Waals surface area contributed by atoms with Crippen LogP contribution in [0.25, 0.3) is 38.9 Å². The maximum Gasteiger partial charge on any atom is 0.146 e. The lowest BCUT2D eigenvalue weighted by Gasteiger charge is -2.24. The van der Waals surface area contributed by atoms with E-state index in [1.807, 2.05) is 48.7 Å². The zero-order valence-corrected chi connectivity index (χ0v) is 26.0. The minimum absolute atomic E-state index is 0.175. The molecule has 0 bridgehead atoms. The highest BCUT2D eigenvalue weighted by atomic mass is 16.3. The normalized spacial score (nSPS) is 11.6. The van der Waals surface area contributed by atoms with Crippen LogP contribution < -0.4 is 4.90 Å². The van der Waals surface area contributed by atoms with E-state index in [2.05, 4.69) is 121 Å². The van der Waals surface area contributed by atoms with Crippen molar-refractivity contribution in [3.63, 3.8) is 0 Å². The largest absolute Gasteiger partial charge is 0.505 e. The van der Waals surface area contributed by atoms with Gasteiger partial charge in [0.05, 0.1) is 16.9 Å². The molecular weight excluding hydrogens is 552 g/mol. The quantitative estimate of drug-likeness (QED) is 0.201. The van der Waals surface area contributed by atoms with E-state index >= 15 is 0 Å². The molecule has 7 rings (SSSR count). The molecule has 0 unspecified atom stereocenters. The smallest absolute Gasteiger partial charge is 0.146 e. The Kier molecular flexibility index (Phi) is 7.30. The standard InChI is InChI=1S/C40H36N4O/c1-26(2)29-24-34(27(3)4)39(45)37(25-29)44-36-18-9-8-17-32(36)33-20-21-35(42-40(33)44)28-13-12-16-31(23-28)43(30-14-6-5-7-15-30)38-19-10-11-22-41-38/h5-27,45H,1-4H3. The highest BCUT2D eigenvalue weighted by molar-refractivity contribution is 6.08. The first-order valence-corrected chi connectivity index (χ1v) is 15.5. The van der Waals surface area contributed by atoms with Crippen LogP contribution in [0.5, 0.6) is 5.75 Å². The number of phenols is 1. The van der Waals surface area contributed by atoms with Crippen LogP contribution >= 0.6 is 0 Å². The van der Waals surface area contributed by atoms with E-state index < -0.39 is 0 Å². The van der Waals surface area contributed by atoms with Gasteiger partial charge in [0.2, 0.25) is 0 Å². The number of phenolic OH excluding ortho intramolecular Hbond substituents is 1. The van der Waals surface area contributed by atoms with Crippen molar-refractivity contribution in [3.05, 3.63) is 139 Å². The number of hydrogen-bond acceptors (Lipinski definition) is 4. The molecule has 0 fully saturated rings. The fraction of sp³-hybridized carbons (Fsp3) is 0.150. The number of para-hydroxylation sites is 2. The monoisotopic (exact) mass is 588 g/mol. The molecule has 0 aliphatic heterocycles. The van der Waals surface area contributed by atoms with E-state index in [1.165, 1.54) is 5.56 Å². The summed E-state index contributed by atoms with van der Waals surface area (Å²) in [6, 6.07) is 41.5. The Balaban J connectivity index is 1.44. The maximum absolute atomic E-state index is 11.7. The Morgan fingerprint density at radius 3 is 2.18 bits per heavy atom. The average Bonchev–Trinajstić information content (AvgIpc) is 3.39. The molecule has 0 atom stereocenters. The fourth-order valence-corrected chi connectivity index (χ4v) is 6.13. The molecule has 0 amide bonds. The SMILES string of the molecule is CC(C)c1cc(C(C)C)c(O)c(-n2c3ccccc3c3ccc(-c4cccc(N(c5ccccc5)c5ccccn5)c4)nc32)c1. The van der Waals surface area contributed by atoms with Gasteiger partial charge in [0, 0.05) is 33.9 Å². The first kappa shape index (κ1) is 28.4. The summed E-state index contributed by atoms with van der Waals surface area (Å²) in [5.74, 6) is 1.63. The second-order valence-electron chi connectivity index (χ2n) is 12.1. The van der Waals surface area contributed by atoms with Gasteiger partial charge in [-0.2, -0.15) is 0 Å². The lowest BCUT2D eigenvalue weighted by Crippen LogP contribution is -2.11. The minimum Gasteiger partial charge on any atom is -0.505 e. The van der Waals surface area contributed by atoms with Crippen molar-refractivity contribution in [1.82, 2.24) is 14.5 Å². The first-order valence-electron chi connectivity index (χ1n) is 15.5. The summed E-state index contributed by atoms with van der Waals surface area (Å²) in [5.41, 5.74) is 8.59. The van der Waals surface area contributed by atoms with Gasteiger partial charge >= 0.3 is 0 Å². The molecule has 3 aromatic heterocycles. The summed E-state index contributed by atoms with van der Waals surface area (Å²) in [7, 11) is 0. The Morgan fingerprint density at radius 1 is 0.667 bits per heavy atom. The summed E-state index contributed by atoms with van der Waals surface area (Å²) < 4.78 is 2.13. The molecule has 0 radical (unpaired) electrons. The van der Waals surface area contributed by atoms with Gasteiger partial charge < -0.3 is 5.11 Å².